The average molecular weight is 679 g/mol. The summed E-state index contributed by atoms with van der Waals surface area (Å²) in [6, 6.07) is 40.1. The van der Waals surface area contributed by atoms with E-state index < -0.39 is 0 Å². The van der Waals surface area contributed by atoms with E-state index in [1.807, 2.05) is 11.3 Å². The van der Waals surface area contributed by atoms with Crippen LogP contribution in [-0.4, -0.2) is 12.4 Å². The number of hydrogen-bond donors (Lipinski definition) is 0. The number of fused-ring (bicyclic) bond motifs is 13. The van der Waals surface area contributed by atoms with Gasteiger partial charge in [-0.2, -0.15) is 0 Å². The van der Waals surface area contributed by atoms with Gasteiger partial charge in [0.1, 0.15) is 0 Å². The van der Waals surface area contributed by atoms with E-state index in [-0.39, 0.29) is 23.2 Å². The van der Waals surface area contributed by atoms with Gasteiger partial charge in [0.05, 0.1) is 5.54 Å². The van der Waals surface area contributed by atoms with Gasteiger partial charge in [-0.15, -0.1) is 11.3 Å². The molecule has 4 aliphatic rings. The van der Waals surface area contributed by atoms with Crippen molar-refractivity contribution in [1.82, 2.24) is 0 Å². The smallest absolute Gasteiger partial charge is 0.333 e. The standard InChI is InChI=1S/C47H43BN2S/c1-28-15-7-11-19-37(28)50-42-32(21-22-39-40(42)33-18-10-12-20-38(33)51-39)34-25-29-16-8-9-17-31(29)43-41(34)48(50)36-27-30(45(2,3)4)26-35-44(36)49(43)47(6)24-14-13-23-46(35,47)5/h7-12,15-22,25-27H,13-14,23-24H2,1-6H3. The van der Waals surface area contributed by atoms with Crippen LogP contribution in [0.5, 0.6) is 0 Å². The Labute approximate surface area is 305 Å². The van der Waals surface area contributed by atoms with Crippen molar-refractivity contribution in [3.63, 3.8) is 0 Å². The van der Waals surface area contributed by atoms with Crippen molar-refractivity contribution in [1.29, 1.82) is 0 Å². The number of thiophene rings is 1. The van der Waals surface area contributed by atoms with Gasteiger partial charge in [0, 0.05) is 59.3 Å². The van der Waals surface area contributed by atoms with Crippen LogP contribution in [0.1, 0.15) is 77.0 Å². The van der Waals surface area contributed by atoms with E-state index in [0.29, 0.717) is 0 Å². The molecule has 0 amide bonds. The van der Waals surface area contributed by atoms with Gasteiger partial charge in [-0.25, -0.2) is 0 Å². The van der Waals surface area contributed by atoms with Gasteiger partial charge >= 0.3 is 6.85 Å². The third-order valence-electron chi connectivity index (χ3n) is 13.6. The molecule has 250 valence electrons. The average Bonchev–Trinajstić information content (AvgIpc) is 3.60. The lowest BCUT2D eigenvalue weighted by Gasteiger charge is -2.53. The Bertz CT molecular complexity index is 2660. The van der Waals surface area contributed by atoms with Crippen molar-refractivity contribution in [3.05, 3.63) is 120 Å². The molecule has 2 nitrogen and oxygen atoms in total. The Hall–Kier alpha value is -4.54. The molecule has 0 radical (unpaired) electrons. The summed E-state index contributed by atoms with van der Waals surface area (Å²) < 4.78 is 2.71. The fraction of sp³-hybridized carbons (Fsp3) is 0.277. The summed E-state index contributed by atoms with van der Waals surface area (Å²) in [6.45, 7) is 14.8. The number of para-hydroxylation sites is 1. The number of benzene rings is 6. The van der Waals surface area contributed by atoms with E-state index in [0.717, 1.165) is 0 Å². The largest absolute Gasteiger partial charge is 0.376 e. The van der Waals surface area contributed by atoms with E-state index in [2.05, 4.69) is 154 Å². The first-order chi connectivity index (χ1) is 24.6. The van der Waals surface area contributed by atoms with Crippen LogP contribution in [0, 0.1) is 6.92 Å². The topological polar surface area (TPSA) is 6.48 Å². The van der Waals surface area contributed by atoms with Crippen LogP contribution in [0.2, 0.25) is 0 Å². The molecule has 0 N–H and O–H groups in total. The van der Waals surface area contributed by atoms with Gasteiger partial charge in [0.15, 0.2) is 0 Å². The maximum atomic E-state index is 2.90. The Morgan fingerprint density at radius 1 is 0.706 bits per heavy atom. The molecule has 4 heteroatoms. The first-order valence-corrected chi connectivity index (χ1v) is 19.8. The van der Waals surface area contributed by atoms with E-state index in [9.17, 15) is 0 Å². The predicted molar refractivity (Wildman–Crippen MR) is 222 cm³/mol. The number of hydrogen-bond acceptors (Lipinski definition) is 3. The van der Waals surface area contributed by atoms with Crippen molar-refractivity contribution in [2.45, 2.75) is 83.6 Å². The highest BCUT2D eigenvalue weighted by atomic mass is 32.1. The van der Waals surface area contributed by atoms with E-state index in [4.69, 9.17) is 0 Å². The highest BCUT2D eigenvalue weighted by Gasteiger charge is 2.62. The van der Waals surface area contributed by atoms with Crippen molar-refractivity contribution in [2.75, 3.05) is 9.71 Å². The second-order valence-electron chi connectivity index (χ2n) is 17.3. The molecule has 2 unspecified atom stereocenters. The third-order valence-corrected chi connectivity index (χ3v) is 14.8. The first kappa shape index (κ1) is 30.1. The second-order valence-corrected chi connectivity index (χ2v) is 18.3. The molecule has 0 saturated heterocycles. The number of anilines is 4. The summed E-state index contributed by atoms with van der Waals surface area (Å²) >= 11 is 1.93. The first-order valence-electron chi connectivity index (χ1n) is 18.9. The van der Waals surface area contributed by atoms with Gasteiger partial charge in [-0.3, -0.25) is 0 Å². The molecule has 3 aliphatic heterocycles. The summed E-state index contributed by atoms with van der Waals surface area (Å²) in [7, 11) is 0. The Morgan fingerprint density at radius 3 is 2.27 bits per heavy atom. The fourth-order valence-electron chi connectivity index (χ4n) is 10.8. The van der Waals surface area contributed by atoms with Crippen LogP contribution in [0.25, 0.3) is 42.1 Å². The van der Waals surface area contributed by atoms with Gasteiger partial charge in [0.25, 0.3) is 0 Å². The minimum atomic E-state index is -0.0248. The molecular weight excluding hydrogens is 635 g/mol. The summed E-state index contributed by atoms with van der Waals surface area (Å²) in [5.41, 5.74) is 15.6. The number of nitrogens with zero attached hydrogens (tertiary/aromatic N) is 2. The Morgan fingerprint density at radius 2 is 1.45 bits per heavy atom. The zero-order valence-electron chi connectivity index (χ0n) is 30.5. The van der Waals surface area contributed by atoms with Crippen molar-refractivity contribution < 1.29 is 0 Å². The van der Waals surface area contributed by atoms with Crippen LogP contribution in [0.4, 0.5) is 22.7 Å². The maximum Gasteiger partial charge on any atom is 0.333 e. The molecule has 11 rings (SSSR count). The summed E-state index contributed by atoms with van der Waals surface area (Å²) in [6.07, 6.45) is 4.98. The van der Waals surface area contributed by atoms with Gasteiger partial charge < -0.3 is 9.71 Å². The Balaban J connectivity index is 1.39. The molecule has 1 aliphatic carbocycles. The van der Waals surface area contributed by atoms with Crippen molar-refractivity contribution >= 4 is 82.8 Å². The van der Waals surface area contributed by atoms with Crippen molar-refractivity contribution in [3.8, 4) is 11.1 Å². The molecule has 1 fully saturated rings. The zero-order chi connectivity index (χ0) is 34.6. The zero-order valence-corrected chi connectivity index (χ0v) is 31.3. The monoisotopic (exact) mass is 678 g/mol. The molecule has 1 saturated carbocycles. The van der Waals surface area contributed by atoms with Gasteiger partial charge in [-0.05, 0) is 94.9 Å². The molecular formula is C47H43BN2S. The van der Waals surface area contributed by atoms with Crippen LogP contribution < -0.4 is 20.6 Å². The molecule has 4 heterocycles. The SMILES string of the molecule is Cc1ccccc1N1B2c3cc(C(C)(C)C)cc4c3N(c3c2c(cc2ccccc32)-c2ccc3sc5ccccc5c3c21)C1(C)CCCCC41C. The van der Waals surface area contributed by atoms with E-state index in [1.165, 1.54) is 113 Å². The molecule has 0 spiro atoms. The summed E-state index contributed by atoms with van der Waals surface area (Å²) in [5.74, 6) is 0. The molecule has 6 aromatic carbocycles. The van der Waals surface area contributed by atoms with Gasteiger partial charge in [-0.1, -0.05) is 119 Å². The van der Waals surface area contributed by atoms with Gasteiger partial charge in [0.2, 0.25) is 0 Å². The number of aryl methyl sites for hydroxylation is 1. The molecule has 0 bridgehead atoms. The summed E-state index contributed by atoms with van der Waals surface area (Å²) in [5, 5.41) is 5.45. The highest BCUT2D eigenvalue weighted by molar-refractivity contribution is 7.26. The second kappa shape index (κ2) is 9.86. The normalized spacial score (nSPS) is 21.6. The number of rotatable bonds is 1. The molecule has 51 heavy (non-hydrogen) atoms. The minimum Gasteiger partial charge on any atom is -0.376 e. The maximum absolute atomic E-state index is 2.90. The predicted octanol–water partition coefficient (Wildman–Crippen LogP) is 11.8. The van der Waals surface area contributed by atoms with Crippen molar-refractivity contribution in [2.24, 2.45) is 0 Å². The third kappa shape index (κ3) is 3.65. The van der Waals surface area contributed by atoms with E-state index >= 15 is 0 Å². The fourth-order valence-corrected chi connectivity index (χ4v) is 12.0. The van der Waals surface area contributed by atoms with Crippen LogP contribution in [-0.2, 0) is 10.8 Å². The molecule has 1 aromatic heterocycles. The van der Waals surface area contributed by atoms with Crippen LogP contribution >= 0.6 is 11.3 Å². The lowest BCUT2D eigenvalue weighted by molar-refractivity contribution is 0.195. The summed E-state index contributed by atoms with van der Waals surface area (Å²) in [4.78, 5) is 5.69. The van der Waals surface area contributed by atoms with Crippen LogP contribution in [0.3, 0.4) is 0 Å². The Kier molecular flexibility index (Phi) is 5.83. The van der Waals surface area contributed by atoms with Crippen LogP contribution in [0.15, 0.2) is 103 Å². The molecule has 7 aromatic rings. The quantitative estimate of drug-likeness (QED) is 0.160. The molecule has 2 atom stereocenters. The highest BCUT2D eigenvalue weighted by Crippen LogP contribution is 2.63. The minimum absolute atomic E-state index is 0.0176. The van der Waals surface area contributed by atoms with E-state index in [1.54, 1.807) is 5.56 Å². The lowest BCUT2D eigenvalue weighted by atomic mass is 9.42. The lowest BCUT2D eigenvalue weighted by Crippen LogP contribution is -2.65.